The fourth-order valence-electron chi connectivity index (χ4n) is 0.501. The van der Waals surface area contributed by atoms with Crippen LogP contribution in [0.25, 0.3) is 0 Å². The SMILES string of the molecule is C.C.C.C.C=C/C(C)=C\C(C)=C\C. The van der Waals surface area contributed by atoms with Gasteiger partial charge in [0.15, 0.2) is 0 Å². The Balaban J connectivity index is -0.0000000533. The lowest BCUT2D eigenvalue weighted by molar-refractivity contribution is 1.42. The minimum absolute atomic E-state index is 0. The van der Waals surface area contributed by atoms with Crippen molar-refractivity contribution in [3.05, 3.63) is 36.0 Å². The van der Waals surface area contributed by atoms with Crippen LogP contribution in [0.3, 0.4) is 0 Å². The minimum atomic E-state index is 0. The molecule has 0 radical (unpaired) electrons. The van der Waals surface area contributed by atoms with Crippen LogP contribution in [0.15, 0.2) is 36.0 Å². The van der Waals surface area contributed by atoms with Gasteiger partial charge < -0.3 is 0 Å². The van der Waals surface area contributed by atoms with Gasteiger partial charge in [0, 0.05) is 0 Å². The summed E-state index contributed by atoms with van der Waals surface area (Å²) >= 11 is 0. The molecule has 82 valence electrons. The normalized spacial score (nSPS) is 9.46. The van der Waals surface area contributed by atoms with E-state index in [0.717, 1.165) is 0 Å². The Morgan fingerprint density at radius 1 is 0.923 bits per heavy atom. The zero-order valence-corrected chi connectivity index (χ0v) is 6.44. The van der Waals surface area contributed by atoms with Crippen LogP contribution in [0.2, 0.25) is 0 Å². The molecule has 0 aliphatic rings. The van der Waals surface area contributed by atoms with Crippen molar-refractivity contribution in [3.63, 3.8) is 0 Å². The summed E-state index contributed by atoms with van der Waals surface area (Å²) in [5.74, 6) is 0. The van der Waals surface area contributed by atoms with Crippen molar-refractivity contribution in [3.8, 4) is 0 Å². The summed E-state index contributed by atoms with van der Waals surface area (Å²) in [6.45, 7) is 9.80. The van der Waals surface area contributed by atoms with Gasteiger partial charge in [0.1, 0.15) is 0 Å². The van der Waals surface area contributed by atoms with E-state index in [1.165, 1.54) is 11.1 Å². The highest BCUT2D eigenvalue weighted by atomic mass is 13.9. The molecule has 0 aromatic rings. The van der Waals surface area contributed by atoms with Crippen LogP contribution >= 0.6 is 0 Å². The summed E-state index contributed by atoms with van der Waals surface area (Å²) in [5, 5.41) is 0. The maximum absolute atomic E-state index is 3.65. The zero-order chi connectivity index (χ0) is 7.28. The van der Waals surface area contributed by atoms with Crippen LogP contribution in [0.4, 0.5) is 0 Å². The zero-order valence-electron chi connectivity index (χ0n) is 6.44. The molecule has 0 aromatic heterocycles. The second-order valence-corrected chi connectivity index (χ2v) is 2.13. The lowest BCUT2D eigenvalue weighted by Gasteiger charge is -1.90. The highest BCUT2D eigenvalue weighted by molar-refractivity contribution is 5.25. The molecule has 0 amide bonds. The second kappa shape index (κ2) is 17.3. The molecule has 0 nitrogen and oxygen atoms in total. The average Bonchev–Trinajstić information content (AvgIpc) is 1.87. The molecule has 0 aliphatic carbocycles. The fraction of sp³-hybridized carbons (Fsp3) is 0.538. The first kappa shape index (κ1) is 29.5. The van der Waals surface area contributed by atoms with Gasteiger partial charge in [-0.05, 0) is 20.8 Å². The quantitative estimate of drug-likeness (QED) is 0.490. The van der Waals surface area contributed by atoms with Gasteiger partial charge in [0.25, 0.3) is 0 Å². The van der Waals surface area contributed by atoms with Crippen molar-refractivity contribution in [2.75, 3.05) is 0 Å². The topological polar surface area (TPSA) is 0 Å². The van der Waals surface area contributed by atoms with Gasteiger partial charge in [-0.3, -0.25) is 0 Å². The third kappa shape index (κ3) is 18.3. The van der Waals surface area contributed by atoms with E-state index >= 15 is 0 Å². The van der Waals surface area contributed by atoms with E-state index in [1.54, 1.807) is 0 Å². The number of allylic oxidation sites excluding steroid dienone is 5. The Hall–Kier alpha value is -0.780. The van der Waals surface area contributed by atoms with Crippen LogP contribution in [-0.4, -0.2) is 0 Å². The molecule has 0 N–H and O–H groups in total. The van der Waals surface area contributed by atoms with Gasteiger partial charge in [-0.15, -0.1) is 0 Å². The van der Waals surface area contributed by atoms with E-state index < -0.39 is 0 Å². The van der Waals surface area contributed by atoms with Crippen molar-refractivity contribution in [1.82, 2.24) is 0 Å². The van der Waals surface area contributed by atoms with Crippen molar-refractivity contribution < 1.29 is 0 Å². The molecular weight excluding hydrogens is 156 g/mol. The molecule has 0 heterocycles. The number of rotatable bonds is 2. The Morgan fingerprint density at radius 3 is 1.54 bits per heavy atom. The Kier molecular flexibility index (Phi) is 39.4. The lowest BCUT2D eigenvalue weighted by atomic mass is 10.2. The van der Waals surface area contributed by atoms with Gasteiger partial charge in [0.2, 0.25) is 0 Å². The Labute approximate surface area is 87.1 Å². The maximum Gasteiger partial charge on any atom is -0.0398 e. The summed E-state index contributed by atoms with van der Waals surface area (Å²) in [4.78, 5) is 0. The van der Waals surface area contributed by atoms with E-state index in [1.807, 2.05) is 19.9 Å². The first-order valence-corrected chi connectivity index (χ1v) is 3.14. The molecular formula is C13H30. The molecule has 0 atom stereocenters. The molecule has 13 heavy (non-hydrogen) atoms. The summed E-state index contributed by atoms with van der Waals surface area (Å²) in [6, 6.07) is 0. The van der Waals surface area contributed by atoms with Gasteiger partial charge in [-0.1, -0.05) is 65.7 Å². The van der Waals surface area contributed by atoms with E-state index in [4.69, 9.17) is 0 Å². The summed E-state index contributed by atoms with van der Waals surface area (Å²) in [6.07, 6.45) is 6.03. The first-order valence-electron chi connectivity index (χ1n) is 3.14. The molecule has 0 fully saturated rings. The van der Waals surface area contributed by atoms with Gasteiger partial charge in [0.05, 0.1) is 0 Å². The Morgan fingerprint density at radius 2 is 1.31 bits per heavy atom. The standard InChI is InChI=1S/C9H14.4CH4/c1-5-8(3)7-9(4)6-2;;;;/h5-7H,1H2,2-4H3;4*1H4/b8-7-,9-6+;;;;. The largest absolute Gasteiger partial charge is 0.0988 e. The number of hydrogen-bond donors (Lipinski definition) is 0. The molecule has 0 heteroatoms. The predicted molar refractivity (Wildman–Crippen MR) is 70.3 cm³/mol. The highest BCUT2D eigenvalue weighted by Gasteiger charge is 1.79. The molecule has 0 rings (SSSR count). The second-order valence-electron chi connectivity index (χ2n) is 2.13. The van der Waals surface area contributed by atoms with Crippen molar-refractivity contribution in [1.29, 1.82) is 0 Å². The highest BCUT2D eigenvalue weighted by Crippen LogP contribution is 2.00. The third-order valence-corrected chi connectivity index (χ3v) is 1.23. The fourth-order valence-corrected chi connectivity index (χ4v) is 0.501. The summed E-state index contributed by atoms with van der Waals surface area (Å²) in [7, 11) is 0. The van der Waals surface area contributed by atoms with Gasteiger partial charge in [-0.2, -0.15) is 0 Å². The summed E-state index contributed by atoms with van der Waals surface area (Å²) in [5.41, 5.74) is 2.50. The third-order valence-electron chi connectivity index (χ3n) is 1.23. The van der Waals surface area contributed by atoms with Crippen molar-refractivity contribution in [2.45, 2.75) is 50.5 Å². The van der Waals surface area contributed by atoms with Crippen LogP contribution in [0.5, 0.6) is 0 Å². The first-order chi connectivity index (χ1) is 4.20. The van der Waals surface area contributed by atoms with Gasteiger partial charge >= 0.3 is 0 Å². The van der Waals surface area contributed by atoms with Crippen LogP contribution in [0.1, 0.15) is 50.5 Å². The van der Waals surface area contributed by atoms with E-state index in [2.05, 4.69) is 25.7 Å². The van der Waals surface area contributed by atoms with E-state index in [-0.39, 0.29) is 29.7 Å². The lowest BCUT2D eigenvalue weighted by Crippen LogP contribution is -1.69. The smallest absolute Gasteiger partial charge is 0.0398 e. The molecule has 0 bridgehead atoms. The van der Waals surface area contributed by atoms with Gasteiger partial charge in [-0.25, -0.2) is 0 Å². The average molecular weight is 186 g/mol. The van der Waals surface area contributed by atoms with Crippen LogP contribution in [0, 0.1) is 0 Å². The predicted octanol–water partition coefficient (Wildman–Crippen LogP) is 5.63. The van der Waals surface area contributed by atoms with Crippen LogP contribution in [-0.2, 0) is 0 Å². The number of hydrogen-bond acceptors (Lipinski definition) is 0. The van der Waals surface area contributed by atoms with Crippen molar-refractivity contribution >= 4 is 0 Å². The minimum Gasteiger partial charge on any atom is -0.0988 e. The maximum atomic E-state index is 3.65. The monoisotopic (exact) mass is 186 g/mol. The molecule has 0 saturated carbocycles. The Bertz CT molecular complexity index is 147. The van der Waals surface area contributed by atoms with Crippen molar-refractivity contribution in [2.24, 2.45) is 0 Å². The molecule has 0 spiro atoms. The van der Waals surface area contributed by atoms with Crippen LogP contribution < -0.4 is 0 Å². The molecule has 0 aromatic carbocycles. The molecule has 0 aliphatic heterocycles. The molecule has 0 saturated heterocycles. The summed E-state index contributed by atoms with van der Waals surface area (Å²) < 4.78 is 0. The van der Waals surface area contributed by atoms with E-state index in [9.17, 15) is 0 Å². The van der Waals surface area contributed by atoms with E-state index in [0.29, 0.717) is 0 Å². The molecule has 0 unspecified atom stereocenters.